The third-order valence-electron chi connectivity index (χ3n) is 2.52. The molecule has 0 bridgehead atoms. The molecule has 0 aliphatic carbocycles. The highest BCUT2D eigenvalue weighted by atomic mass is 35.5. The summed E-state index contributed by atoms with van der Waals surface area (Å²) in [6, 6.07) is 4.71. The van der Waals surface area contributed by atoms with Crippen LogP contribution in [0.1, 0.15) is 23.0 Å². The van der Waals surface area contributed by atoms with Gasteiger partial charge in [0, 0.05) is 18.8 Å². The van der Waals surface area contributed by atoms with Gasteiger partial charge in [-0.1, -0.05) is 29.3 Å². The van der Waals surface area contributed by atoms with E-state index in [1.807, 2.05) is 0 Å². The third kappa shape index (κ3) is 4.42. The first-order chi connectivity index (χ1) is 9.95. The molecule has 2 N–H and O–H groups in total. The molecular formula is C13H11Cl2N3O2S. The number of nitrogens with zero attached hydrogens (tertiary/aromatic N) is 1. The van der Waals surface area contributed by atoms with Gasteiger partial charge in [0.15, 0.2) is 10.9 Å². The van der Waals surface area contributed by atoms with E-state index in [0.29, 0.717) is 27.4 Å². The Kier molecular flexibility index (Phi) is 5.17. The van der Waals surface area contributed by atoms with Crippen LogP contribution in [-0.2, 0) is 6.54 Å². The summed E-state index contributed by atoms with van der Waals surface area (Å²) in [6.45, 7) is 1.72. The van der Waals surface area contributed by atoms with E-state index in [1.54, 1.807) is 23.6 Å². The fraction of sp³-hybridized carbons (Fsp3) is 0.154. The second-order valence-corrected chi connectivity index (χ2v) is 5.82. The number of aromatic nitrogens is 1. The maximum Gasteiger partial charge on any atom is 0.321 e. The van der Waals surface area contributed by atoms with Crippen molar-refractivity contribution in [2.24, 2.45) is 0 Å². The molecule has 0 aliphatic rings. The standard InChI is InChI=1S/C13H11Cl2N3O2S/c1-7(19)11-6-21-13(17-11)18-12(20)16-5-8-2-3-9(14)10(15)4-8/h2-4,6H,5H2,1H3,(H2,16,17,18,20). The van der Waals surface area contributed by atoms with E-state index in [9.17, 15) is 9.59 Å². The molecule has 110 valence electrons. The zero-order chi connectivity index (χ0) is 15.4. The van der Waals surface area contributed by atoms with Gasteiger partial charge in [-0.25, -0.2) is 9.78 Å². The summed E-state index contributed by atoms with van der Waals surface area (Å²) >= 11 is 12.9. The van der Waals surface area contributed by atoms with E-state index in [1.165, 1.54) is 18.3 Å². The Hall–Kier alpha value is -1.63. The van der Waals surface area contributed by atoms with Gasteiger partial charge in [0.05, 0.1) is 10.0 Å². The lowest BCUT2D eigenvalue weighted by Crippen LogP contribution is -2.28. The summed E-state index contributed by atoms with van der Waals surface area (Å²) in [5.74, 6) is -0.143. The average molecular weight is 344 g/mol. The number of ketones is 1. The molecule has 2 aromatic rings. The Bertz CT molecular complexity index is 688. The van der Waals surface area contributed by atoms with Crippen molar-refractivity contribution in [1.82, 2.24) is 10.3 Å². The fourth-order valence-electron chi connectivity index (χ4n) is 1.47. The average Bonchev–Trinajstić information content (AvgIpc) is 2.89. The summed E-state index contributed by atoms with van der Waals surface area (Å²) in [4.78, 5) is 26.8. The molecule has 21 heavy (non-hydrogen) atoms. The molecule has 5 nitrogen and oxygen atoms in total. The number of urea groups is 1. The third-order valence-corrected chi connectivity index (χ3v) is 4.02. The van der Waals surface area contributed by atoms with Crippen LogP contribution in [0.15, 0.2) is 23.6 Å². The molecule has 0 radical (unpaired) electrons. The summed E-state index contributed by atoms with van der Waals surface area (Å²) in [7, 11) is 0. The Labute approximate surface area is 135 Å². The number of carbonyl (C=O) groups is 2. The van der Waals surface area contributed by atoms with Crippen LogP contribution in [-0.4, -0.2) is 16.8 Å². The number of hydrogen-bond donors (Lipinski definition) is 2. The molecule has 0 unspecified atom stereocenters. The van der Waals surface area contributed by atoms with Gasteiger partial charge in [-0.15, -0.1) is 11.3 Å². The molecule has 1 aromatic carbocycles. The first-order valence-electron chi connectivity index (χ1n) is 5.91. The van der Waals surface area contributed by atoms with E-state index < -0.39 is 6.03 Å². The number of amides is 2. The highest BCUT2D eigenvalue weighted by molar-refractivity contribution is 7.14. The van der Waals surface area contributed by atoms with Crippen molar-refractivity contribution in [2.45, 2.75) is 13.5 Å². The fourth-order valence-corrected chi connectivity index (χ4v) is 2.53. The molecule has 0 spiro atoms. The van der Waals surface area contributed by atoms with Crippen molar-refractivity contribution in [3.05, 3.63) is 44.9 Å². The largest absolute Gasteiger partial charge is 0.334 e. The molecule has 1 heterocycles. The minimum absolute atomic E-state index is 0.143. The van der Waals surface area contributed by atoms with Gasteiger partial charge < -0.3 is 5.32 Å². The van der Waals surface area contributed by atoms with Gasteiger partial charge in [-0.2, -0.15) is 0 Å². The van der Waals surface area contributed by atoms with Crippen LogP contribution >= 0.6 is 34.5 Å². The lowest BCUT2D eigenvalue weighted by molar-refractivity contribution is 0.101. The minimum Gasteiger partial charge on any atom is -0.334 e. The molecule has 0 atom stereocenters. The van der Waals surface area contributed by atoms with Crippen LogP contribution < -0.4 is 10.6 Å². The molecular weight excluding hydrogens is 333 g/mol. The van der Waals surface area contributed by atoms with Crippen LogP contribution in [0.5, 0.6) is 0 Å². The van der Waals surface area contributed by atoms with E-state index >= 15 is 0 Å². The minimum atomic E-state index is -0.412. The summed E-state index contributed by atoms with van der Waals surface area (Å²) in [5.41, 5.74) is 1.16. The summed E-state index contributed by atoms with van der Waals surface area (Å²) in [6.07, 6.45) is 0. The molecule has 0 saturated carbocycles. The second-order valence-electron chi connectivity index (χ2n) is 4.15. The Balaban J connectivity index is 1.89. The number of carbonyl (C=O) groups excluding carboxylic acids is 2. The molecule has 0 fully saturated rings. The maximum absolute atomic E-state index is 11.7. The summed E-state index contributed by atoms with van der Waals surface area (Å²) in [5, 5.41) is 8.08. The normalized spacial score (nSPS) is 10.2. The predicted octanol–water partition coefficient (Wildman–Crippen LogP) is 3.97. The maximum atomic E-state index is 11.7. The lowest BCUT2D eigenvalue weighted by Gasteiger charge is -2.06. The highest BCUT2D eigenvalue weighted by Gasteiger charge is 2.09. The van der Waals surface area contributed by atoms with Crippen LogP contribution in [0.4, 0.5) is 9.93 Å². The van der Waals surface area contributed by atoms with Gasteiger partial charge in [-0.3, -0.25) is 10.1 Å². The van der Waals surface area contributed by atoms with Crippen LogP contribution in [0, 0.1) is 0 Å². The van der Waals surface area contributed by atoms with Crippen molar-refractivity contribution in [1.29, 1.82) is 0 Å². The van der Waals surface area contributed by atoms with Gasteiger partial charge >= 0.3 is 6.03 Å². The molecule has 1 aromatic heterocycles. The number of nitrogens with one attached hydrogen (secondary N) is 2. The van der Waals surface area contributed by atoms with Crippen molar-refractivity contribution in [2.75, 3.05) is 5.32 Å². The zero-order valence-electron chi connectivity index (χ0n) is 10.9. The van der Waals surface area contributed by atoms with E-state index in [0.717, 1.165) is 5.56 Å². The first kappa shape index (κ1) is 15.8. The Morgan fingerprint density at radius 2 is 2.05 bits per heavy atom. The number of halogens is 2. The predicted molar refractivity (Wildman–Crippen MR) is 84.4 cm³/mol. The number of rotatable bonds is 4. The van der Waals surface area contributed by atoms with Gasteiger partial charge in [-0.05, 0) is 17.7 Å². The first-order valence-corrected chi connectivity index (χ1v) is 7.54. The number of hydrogen-bond acceptors (Lipinski definition) is 4. The topological polar surface area (TPSA) is 71.1 Å². The van der Waals surface area contributed by atoms with Crippen molar-refractivity contribution in [3.8, 4) is 0 Å². The van der Waals surface area contributed by atoms with Gasteiger partial charge in [0.25, 0.3) is 0 Å². The summed E-state index contributed by atoms with van der Waals surface area (Å²) < 4.78 is 0. The van der Waals surface area contributed by atoms with Gasteiger partial charge in [0.1, 0.15) is 5.69 Å². The quantitative estimate of drug-likeness (QED) is 0.825. The SMILES string of the molecule is CC(=O)c1csc(NC(=O)NCc2ccc(Cl)c(Cl)c2)n1. The lowest BCUT2D eigenvalue weighted by atomic mass is 10.2. The Morgan fingerprint density at radius 1 is 1.29 bits per heavy atom. The van der Waals surface area contributed by atoms with Crippen molar-refractivity contribution >= 4 is 51.5 Å². The van der Waals surface area contributed by atoms with E-state index in [2.05, 4.69) is 15.6 Å². The monoisotopic (exact) mass is 343 g/mol. The number of benzene rings is 1. The molecule has 2 rings (SSSR count). The number of anilines is 1. The molecule has 0 aliphatic heterocycles. The molecule has 0 saturated heterocycles. The smallest absolute Gasteiger partial charge is 0.321 e. The molecule has 8 heteroatoms. The second kappa shape index (κ2) is 6.89. The van der Waals surface area contributed by atoms with Gasteiger partial charge in [0.2, 0.25) is 0 Å². The zero-order valence-corrected chi connectivity index (χ0v) is 13.3. The van der Waals surface area contributed by atoms with Crippen molar-refractivity contribution in [3.63, 3.8) is 0 Å². The van der Waals surface area contributed by atoms with Crippen LogP contribution in [0.25, 0.3) is 0 Å². The number of thiazole rings is 1. The molecule has 2 amide bonds. The van der Waals surface area contributed by atoms with Crippen molar-refractivity contribution < 1.29 is 9.59 Å². The van der Waals surface area contributed by atoms with Crippen LogP contribution in [0.2, 0.25) is 10.0 Å². The van der Waals surface area contributed by atoms with E-state index in [4.69, 9.17) is 23.2 Å². The Morgan fingerprint density at radius 3 is 2.67 bits per heavy atom. The van der Waals surface area contributed by atoms with Crippen LogP contribution in [0.3, 0.4) is 0 Å². The van der Waals surface area contributed by atoms with E-state index in [-0.39, 0.29) is 5.78 Å². The number of Topliss-reactive ketones (excluding diaryl/α,β-unsaturated/α-hetero) is 1. The highest BCUT2D eigenvalue weighted by Crippen LogP contribution is 2.22.